The molecule has 1 aliphatic rings. The Labute approximate surface area is 86.3 Å². The van der Waals surface area contributed by atoms with Gasteiger partial charge in [0.25, 0.3) is 0 Å². The van der Waals surface area contributed by atoms with Crippen molar-refractivity contribution >= 4 is 0 Å². The molecule has 1 fully saturated rings. The second kappa shape index (κ2) is 3.74. The lowest BCUT2D eigenvalue weighted by molar-refractivity contribution is 0.838. The Morgan fingerprint density at radius 1 is 1.36 bits per heavy atom. The topological polar surface area (TPSA) is 26.0 Å². The number of benzene rings is 1. The smallest absolute Gasteiger partial charge is 0.0178 e. The van der Waals surface area contributed by atoms with E-state index < -0.39 is 0 Å². The summed E-state index contributed by atoms with van der Waals surface area (Å²) >= 11 is 0. The molecule has 0 atom stereocenters. The normalized spacial score (nSPS) is 16.3. The summed E-state index contributed by atoms with van der Waals surface area (Å²) in [4.78, 5) is 0. The minimum absolute atomic E-state index is 0.637. The minimum Gasteiger partial charge on any atom is -0.326 e. The number of hydrogen-bond acceptors (Lipinski definition) is 1. The van der Waals surface area contributed by atoms with Gasteiger partial charge < -0.3 is 5.73 Å². The standard InChI is InChI=1S/C13H19N/c1-9(2)12-6-3-10(8-14)7-13(12)11-4-5-11/h3,6-7,9,11H,4-5,8,14H2,1-2H3. The summed E-state index contributed by atoms with van der Waals surface area (Å²) in [6.45, 7) is 5.20. The van der Waals surface area contributed by atoms with E-state index in [2.05, 4.69) is 32.0 Å². The molecule has 0 heterocycles. The van der Waals surface area contributed by atoms with Crippen LogP contribution < -0.4 is 5.73 Å². The van der Waals surface area contributed by atoms with Crippen molar-refractivity contribution in [2.45, 2.75) is 45.1 Å². The SMILES string of the molecule is CC(C)c1ccc(CN)cc1C1CC1. The lowest BCUT2D eigenvalue weighted by Crippen LogP contribution is -2.01. The molecule has 1 saturated carbocycles. The first-order chi connectivity index (χ1) is 6.72. The van der Waals surface area contributed by atoms with Gasteiger partial charge in [-0.25, -0.2) is 0 Å². The van der Waals surface area contributed by atoms with Crippen LogP contribution >= 0.6 is 0 Å². The zero-order chi connectivity index (χ0) is 10.1. The molecule has 1 aromatic rings. The van der Waals surface area contributed by atoms with Crippen LogP contribution in [0.2, 0.25) is 0 Å². The summed E-state index contributed by atoms with van der Waals surface area (Å²) < 4.78 is 0. The lowest BCUT2D eigenvalue weighted by Gasteiger charge is -2.13. The van der Waals surface area contributed by atoms with Gasteiger partial charge in [0.15, 0.2) is 0 Å². The Kier molecular flexibility index (Phi) is 2.60. The van der Waals surface area contributed by atoms with Crippen LogP contribution in [0.15, 0.2) is 18.2 Å². The molecule has 1 nitrogen and oxygen atoms in total. The summed E-state index contributed by atoms with van der Waals surface area (Å²) in [5, 5.41) is 0. The molecule has 0 saturated heterocycles. The molecule has 0 aliphatic heterocycles. The third-order valence-corrected chi connectivity index (χ3v) is 3.03. The fourth-order valence-electron chi connectivity index (χ4n) is 2.02. The highest BCUT2D eigenvalue weighted by Crippen LogP contribution is 2.43. The number of hydrogen-bond donors (Lipinski definition) is 1. The zero-order valence-corrected chi connectivity index (χ0v) is 9.09. The van der Waals surface area contributed by atoms with Crippen LogP contribution in [0.5, 0.6) is 0 Å². The zero-order valence-electron chi connectivity index (χ0n) is 9.09. The van der Waals surface area contributed by atoms with Gasteiger partial charge in [-0.1, -0.05) is 32.0 Å². The van der Waals surface area contributed by atoms with E-state index in [1.165, 1.54) is 24.0 Å². The van der Waals surface area contributed by atoms with Gasteiger partial charge in [-0.05, 0) is 41.4 Å². The molecule has 2 N–H and O–H groups in total. The third-order valence-electron chi connectivity index (χ3n) is 3.03. The van der Waals surface area contributed by atoms with Gasteiger partial charge in [-0.3, -0.25) is 0 Å². The highest BCUT2D eigenvalue weighted by molar-refractivity contribution is 5.38. The predicted molar refractivity (Wildman–Crippen MR) is 60.4 cm³/mol. The third kappa shape index (κ3) is 1.83. The fraction of sp³-hybridized carbons (Fsp3) is 0.538. The van der Waals surface area contributed by atoms with Gasteiger partial charge in [0, 0.05) is 6.54 Å². The van der Waals surface area contributed by atoms with Gasteiger partial charge in [0.1, 0.15) is 0 Å². The van der Waals surface area contributed by atoms with Crippen molar-refractivity contribution in [1.29, 1.82) is 0 Å². The van der Waals surface area contributed by atoms with Gasteiger partial charge >= 0.3 is 0 Å². The van der Waals surface area contributed by atoms with Crippen LogP contribution in [0.3, 0.4) is 0 Å². The number of nitrogens with two attached hydrogens (primary N) is 1. The van der Waals surface area contributed by atoms with E-state index in [-0.39, 0.29) is 0 Å². The van der Waals surface area contributed by atoms with Crippen LogP contribution in [-0.4, -0.2) is 0 Å². The molecule has 0 unspecified atom stereocenters. The highest BCUT2D eigenvalue weighted by atomic mass is 14.5. The quantitative estimate of drug-likeness (QED) is 0.776. The molecular weight excluding hydrogens is 170 g/mol. The highest BCUT2D eigenvalue weighted by Gasteiger charge is 2.26. The van der Waals surface area contributed by atoms with Crippen molar-refractivity contribution < 1.29 is 0 Å². The second-order valence-corrected chi connectivity index (χ2v) is 4.60. The van der Waals surface area contributed by atoms with E-state index in [0.29, 0.717) is 12.5 Å². The maximum Gasteiger partial charge on any atom is 0.0178 e. The van der Waals surface area contributed by atoms with Crippen molar-refractivity contribution in [1.82, 2.24) is 0 Å². The van der Waals surface area contributed by atoms with Crippen molar-refractivity contribution in [3.8, 4) is 0 Å². The molecule has 0 radical (unpaired) electrons. The number of rotatable bonds is 3. The molecular formula is C13H19N. The molecule has 0 aromatic heterocycles. The molecule has 1 aliphatic carbocycles. The lowest BCUT2D eigenvalue weighted by atomic mass is 9.93. The Balaban J connectivity index is 2.38. The van der Waals surface area contributed by atoms with Crippen LogP contribution in [0.4, 0.5) is 0 Å². The van der Waals surface area contributed by atoms with Crippen LogP contribution in [0.1, 0.15) is 55.2 Å². The predicted octanol–water partition coefficient (Wildman–Crippen LogP) is 3.15. The monoisotopic (exact) mass is 189 g/mol. The van der Waals surface area contributed by atoms with E-state index in [1.54, 1.807) is 5.56 Å². The molecule has 14 heavy (non-hydrogen) atoms. The minimum atomic E-state index is 0.637. The average molecular weight is 189 g/mol. The summed E-state index contributed by atoms with van der Waals surface area (Å²) in [7, 11) is 0. The summed E-state index contributed by atoms with van der Waals surface area (Å²) in [6.07, 6.45) is 2.74. The van der Waals surface area contributed by atoms with E-state index in [0.717, 1.165) is 5.92 Å². The molecule has 2 rings (SSSR count). The molecule has 0 bridgehead atoms. The Morgan fingerprint density at radius 3 is 2.57 bits per heavy atom. The second-order valence-electron chi connectivity index (χ2n) is 4.60. The van der Waals surface area contributed by atoms with Gasteiger partial charge in [0.05, 0.1) is 0 Å². The molecule has 1 heteroatoms. The first-order valence-corrected chi connectivity index (χ1v) is 5.55. The van der Waals surface area contributed by atoms with Crippen molar-refractivity contribution in [2.75, 3.05) is 0 Å². The maximum atomic E-state index is 5.67. The van der Waals surface area contributed by atoms with Gasteiger partial charge in [0.2, 0.25) is 0 Å². The Hall–Kier alpha value is -0.820. The molecule has 0 amide bonds. The van der Waals surface area contributed by atoms with E-state index in [1.807, 2.05) is 0 Å². The Morgan fingerprint density at radius 2 is 2.07 bits per heavy atom. The van der Waals surface area contributed by atoms with E-state index in [4.69, 9.17) is 5.73 Å². The molecule has 76 valence electrons. The van der Waals surface area contributed by atoms with Gasteiger partial charge in [-0.15, -0.1) is 0 Å². The first kappa shape index (κ1) is 9.72. The van der Waals surface area contributed by atoms with Crippen molar-refractivity contribution in [2.24, 2.45) is 5.73 Å². The summed E-state index contributed by atoms with van der Waals surface area (Å²) in [6, 6.07) is 6.74. The van der Waals surface area contributed by atoms with Crippen LogP contribution in [-0.2, 0) is 6.54 Å². The van der Waals surface area contributed by atoms with Crippen LogP contribution in [0, 0.1) is 0 Å². The van der Waals surface area contributed by atoms with E-state index in [9.17, 15) is 0 Å². The first-order valence-electron chi connectivity index (χ1n) is 5.55. The summed E-state index contributed by atoms with van der Waals surface area (Å²) in [5.74, 6) is 1.47. The van der Waals surface area contributed by atoms with Crippen molar-refractivity contribution in [3.05, 3.63) is 34.9 Å². The average Bonchev–Trinajstić information content (AvgIpc) is 3.00. The Bertz CT molecular complexity index is 324. The van der Waals surface area contributed by atoms with E-state index >= 15 is 0 Å². The largest absolute Gasteiger partial charge is 0.326 e. The van der Waals surface area contributed by atoms with Gasteiger partial charge in [-0.2, -0.15) is 0 Å². The fourth-order valence-corrected chi connectivity index (χ4v) is 2.02. The molecule has 1 aromatic carbocycles. The van der Waals surface area contributed by atoms with Crippen molar-refractivity contribution in [3.63, 3.8) is 0 Å². The van der Waals surface area contributed by atoms with Crippen LogP contribution in [0.25, 0.3) is 0 Å². The summed E-state index contributed by atoms with van der Waals surface area (Å²) in [5.41, 5.74) is 10.0. The maximum absolute atomic E-state index is 5.67. The molecule has 0 spiro atoms.